The van der Waals surface area contributed by atoms with Gasteiger partial charge in [0, 0.05) is 5.56 Å². The molecule has 2 aromatic carbocycles. The van der Waals surface area contributed by atoms with Gasteiger partial charge >= 0.3 is 0 Å². The summed E-state index contributed by atoms with van der Waals surface area (Å²) in [7, 11) is 3.04. The lowest BCUT2D eigenvalue weighted by molar-refractivity contribution is -0.126. The summed E-state index contributed by atoms with van der Waals surface area (Å²) < 4.78 is 10.8. The minimum Gasteiger partial charge on any atom is -0.493 e. The van der Waals surface area contributed by atoms with E-state index in [-0.39, 0.29) is 5.91 Å². The van der Waals surface area contributed by atoms with E-state index >= 15 is 0 Å². The van der Waals surface area contributed by atoms with E-state index < -0.39 is 17.9 Å². The van der Waals surface area contributed by atoms with Crippen molar-refractivity contribution in [1.82, 2.24) is 0 Å². The average molecular weight is 380 g/mol. The zero-order valence-corrected chi connectivity index (χ0v) is 16.1. The quantitative estimate of drug-likeness (QED) is 0.762. The van der Waals surface area contributed by atoms with Crippen molar-refractivity contribution >= 4 is 23.2 Å². The van der Waals surface area contributed by atoms with Crippen LogP contribution in [0.4, 0.5) is 5.69 Å². The molecule has 0 spiro atoms. The molecule has 0 radical (unpaired) electrons. The standard InChI is InChI=1S/C21H20N2O5/c1-11-8-9-13(10-12(11)2)23-20(24)16-17(22-28-19(16)21(23)25)14-6-5-7-15(26-3)18(14)27-4/h5-10,16,19H,1-4H3/t16-,19+/m0/s1. The van der Waals surface area contributed by atoms with Crippen LogP contribution >= 0.6 is 0 Å². The van der Waals surface area contributed by atoms with Gasteiger partial charge < -0.3 is 14.3 Å². The van der Waals surface area contributed by atoms with Crippen molar-refractivity contribution in [3.05, 3.63) is 53.1 Å². The Morgan fingerprint density at radius 2 is 1.79 bits per heavy atom. The van der Waals surface area contributed by atoms with Crippen LogP contribution in [0.25, 0.3) is 0 Å². The summed E-state index contributed by atoms with van der Waals surface area (Å²) >= 11 is 0. The van der Waals surface area contributed by atoms with Gasteiger partial charge in [0.1, 0.15) is 11.6 Å². The smallest absolute Gasteiger partial charge is 0.278 e. The Kier molecular flexibility index (Phi) is 4.30. The Bertz CT molecular complexity index is 1010. The second kappa shape index (κ2) is 6.67. The molecule has 0 unspecified atom stereocenters. The molecule has 2 aromatic rings. The Hall–Kier alpha value is -3.35. The predicted octanol–water partition coefficient (Wildman–Crippen LogP) is 2.61. The number of aryl methyl sites for hydroxylation is 2. The molecule has 0 N–H and O–H groups in total. The van der Waals surface area contributed by atoms with Crippen molar-refractivity contribution in [3.8, 4) is 11.5 Å². The van der Waals surface area contributed by atoms with Crippen LogP contribution in [0.3, 0.4) is 0 Å². The normalized spacial score (nSPS) is 20.7. The number of carbonyl (C=O) groups excluding carboxylic acids is 2. The Morgan fingerprint density at radius 1 is 1.00 bits per heavy atom. The highest BCUT2D eigenvalue weighted by Gasteiger charge is 2.56. The molecule has 7 nitrogen and oxygen atoms in total. The fraction of sp³-hybridized carbons (Fsp3) is 0.286. The molecule has 1 fully saturated rings. The zero-order chi connectivity index (χ0) is 20.0. The van der Waals surface area contributed by atoms with Crippen LogP contribution in [-0.2, 0) is 14.4 Å². The van der Waals surface area contributed by atoms with E-state index in [0.29, 0.717) is 28.5 Å². The molecule has 0 saturated carbocycles. The number of amides is 2. The first-order chi connectivity index (χ1) is 13.5. The van der Waals surface area contributed by atoms with Gasteiger partial charge in [0.05, 0.1) is 19.9 Å². The number of ether oxygens (including phenoxy) is 2. The molecule has 2 aliphatic heterocycles. The summed E-state index contributed by atoms with van der Waals surface area (Å²) in [5.74, 6) is -0.653. The number of hydrogen-bond donors (Lipinski definition) is 0. The summed E-state index contributed by atoms with van der Waals surface area (Å²) in [6, 6.07) is 10.8. The Morgan fingerprint density at radius 3 is 2.46 bits per heavy atom. The fourth-order valence-corrected chi connectivity index (χ4v) is 3.61. The van der Waals surface area contributed by atoms with Crippen LogP contribution < -0.4 is 14.4 Å². The number of benzene rings is 2. The summed E-state index contributed by atoms with van der Waals surface area (Å²) in [6.45, 7) is 3.92. The van der Waals surface area contributed by atoms with Crippen molar-refractivity contribution in [2.24, 2.45) is 11.1 Å². The monoisotopic (exact) mass is 380 g/mol. The Labute approximate surface area is 162 Å². The molecule has 4 rings (SSSR count). The SMILES string of the molecule is COc1cccc(C2=NO[C@H]3C(=O)N(c4ccc(C)c(C)c4)C(=O)[C@@H]23)c1OC. The number of methoxy groups -OCH3 is 2. The molecule has 2 atom stereocenters. The van der Waals surface area contributed by atoms with E-state index in [9.17, 15) is 9.59 Å². The number of para-hydroxylation sites is 1. The van der Waals surface area contributed by atoms with Gasteiger partial charge in [-0.15, -0.1) is 0 Å². The first kappa shape index (κ1) is 18.0. The van der Waals surface area contributed by atoms with Crippen LogP contribution in [0, 0.1) is 19.8 Å². The Balaban J connectivity index is 1.74. The van der Waals surface area contributed by atoms with E-state index in [1.165, 1.54) is 19.1 Å². The van der Waals surface area contributed by atoms with E-state index in [1.54, 1.807) is 24.3 Å². The van der Waals surface area contributed by atoms with Gasteiger partial charge in [0.2, 0.25) is 12.0 Å². The minimum absolute atomic E-state index is 0.362. The van der Waals surface area contributed by atoms with Gasteiger partial charge in [-0.3, -0.25) is 9.59 Å². The van der Waals surface area contributed by atoms with Crippen molar-refractivity contribution in [3.63, 3.8) is 0 Å². The largest absolute Gasteiger partial charge is 0.493 e. The molecular weight excluding hydrogens is 360 g/mol. The fourth-order valence-electron chi connectivity index (χ4n) is 3.61. The minimum atomic E-state index is -0.972. The first-order valence-corrected chi connectivity index (χ1v) is 8.88. The summed E-state index contributed by atoms with van der Waals surface area (Å²) in [6.07, 6.45) is -0.972. The number of oxime groups is 1. The number of hydrogen-bond acceptors (Lipinski definition) is 6. The van der Waals surface area contributed by atoms with Crippen molar-refractivity contribution < 1.29 is 23.9 Å². The molecule has 0 aromatic heterocycles. The molecule has 7 heteroatoms. The van der Waals surface area contributed by atoms with Gasteiger partial charge in [0.15, 0.2) is 11.5 Å². The maximum Gasteiger partial charge on any atom is 0.278 e. The molecule has 2 amide bonds. The van der Waals surface area contributed by atoms with Crippen LogP contribution in [0.5, 0.6) is 11.5 Å². The average Bonchev–Trinajstić information content (AvgIpc) is 3.23. The van der Waals surface area contributed by atoms with Gasteiger partial charge in [-0.05, 0) is 49.2 Å². The van der Waals surface area contributed by atoms with Gasteiger partial charge in [-0.25, -0.2) is 4.90 Å². The third-order valence-electron chi connectivity index (χ3n) is 5.24. The summed E-state index contributed by atoms with van der Waals surface area (Å²) in [4.78, 5) is 32.7. The van der Waals surface area contributed by atoms with Gasteiger partial charge in [0.25, 0.3) is 5.91 Å². The number of anilines is 1. The molecule has 28 heavy (non-hydrogen) atoms. The number of imide groups is 1. The topological polar surface area (TPSA) is 77.4 Å². The number of rotatable bonds is 4. The molecule has 0 aliphatic carbocycles. The lowest BCUT2D eigenvalue weighted by atomic mass is 9.93. The van der Waals surface area contributed by atoms with Crippen LogP contribution in [0.2, 0.25) is 0 Å². The lowest BCUT2D eigenvalue weighted by Gasteiger charge is -2.17. The van der Waals surface area contributed by atoms with Crippen molar-refractivity contribution in [2.75, 3.05) is 19.1 Å². The lowest BCUT2D eigenvalue weighted by Crippen LogP contribution is -2.33. The van der Waals surface area contributed by atoms with E-state index in [1.807, 2.05) is 26.0 Å². The molecule has 0 bridgehead atoms. The van der Waals surface area contributed by atoms with Crippen LogP contribution in [0.15, 0.2) is 41.6 Å². The number of nitrogens with zero attached hydrogens (tertiary/aromatic N) is 2. The molecule has 144 valence electrons. The first-order valence-electron chi connectivity index (χ1n) is 8.88. The summed E-state index contributed by atoms with van der Waals surface area (Å²) in [5.41, 5.74) is 3.55. The third-order valence-corrected chi connectivity index (χ3v) is 5.24. The van der Waals surface area contributed by atoms with Crippen molar-refractivity contribution in [1.29, 1.82) is 0 Å². The third kappa shape index (κ3) is 2.54. The molecule has 2 aliphatic rings. The summed E-state index contributed by atoms with van der Waals surface area (Å²) in [5, 5.41) is 4.05. The molecule has 1 saturated heterocycles. The number of fused-ring (bicyclic) bond motifs is 1. The molecule has 2 heterocycles. The van der Waals surface area contributed by atoms with Crippen molar-refractivity contribution in [2.45, 2.75) is 20.0 Å². The zero-order valence-electron chi connectivity index (χ0n) is 16.1. The van der Waals surface area contributed by atoms with Gasteiger partial charge in [-0.1, -0.05) is 17.3 Å². The molecular formula is C21H20N2O5. The second-order valence-corrected chi connectivity index (χ2v) is 6.80. The van der Waals surface area contributed by atoms with Crippen LogP contribution in [-0.4, -0.2) is 37.8 Å². The van der Waals surface area contributed by atoms with E-state index in [2.05, 4.69) is 5.16 Å². The highest BCUT2D eigenvalue weighted by molar-refractivity contribution is 6.32. The highest BCUT2D eigenvalue weighted by atomic mass is 16.7. The highest BCUT2D eigenvalue weighted by Crippen LogP contribution is 2.39. The van der Waals surface area contributed by atoms with Gasteiger partial charge in [-0.2, -0.15) is 0 Å². The number of carbonyl (C=O) groups is 2. The maximum atomic E-state index is 13.2. The predicted molar refractivity (Wildman–Crippen MR) is 103 cm³/mol. The second-order valence-electron chi connectivity index (χ2n) is 6.80. The van der Waals surface area contributed by atoms with Crippen LogP contribution in [0.1, 0.15) is 16.7 Å². The maximum absolute atomic E-state index is 13.2. The van der Waals surface area contributed by atoms with E-state index in [0.717, 1.165) is 11.1 Å². The van der Waals surface area contributed by atoms with E-state index in [4.69, 9.17) is 14.3 Å².